The van der Waals surface area contributed by atoms with E-state index in [1.807, 2.05) is 19.1 Å². The van der Waals surface area contributed by atoms with E-state index in [1.165, 1.54) is 0 Å². The number of nitrogens with zero attached hydrogens (tertiary/aromatic N) is 2. The summed E-state index contributed by atoms with van der Waals surface area (Å²) in [6.07, 6.45) is 4.87. The van der Waals surface area contributed by atoms with Gasteiger partial charge in [0.25, 0.3) is 0 Å². The molecule has 0 saturated carbocycles. The van der Waals surface area contributed by atoms with Crippen LogP contribution in [-0.2, 0) is 11.2 Å². The Morgan fingerprint density at radius 1 is 1.53 bits per heavy atom. The molecule has 0 unspecified atom stereocenters. The zero-order valence-electron chi connectivity index (χ0n) is 8.30. The lowest BCUT2D eigenvalue weighted by Gasteiger charge is -1.91. The average Bonchev–Trinajstić information content (AvgIpc) is 2.63. The van der Waals surface area contributed by atoms with Gasteiger partial charge in [0.1, 0.15) is 11.3 Å². The second-order valence-corrected chi connectivity index (χ2v) is 4.22. The first-order valence-corrected chi connectivity index (χ1v) is 5.43. The molecule has 2 aromatic heterocycles. The zero-order chi connectivity index (χ0) is 10.7. The SMILES string of the molecule is Cc1nc(-c2cccnc2)sc1CC=O. The molecule has 2 heterocycles. The minimum atomic E-state index is 0.448. The molecule has 76 valence electrons. The highest BCUT2D eigenvalue weighted by Crippen LogP contribution is 2.27. The lowest BCUT2D eigenvalue weighted by molar-refractivity contribution is -0.107. The van der Waals surface area contributed by atoms with E-state index in [2.05, 4.69) is 9.97 Å². The Balaban J connectivity index is 2.38. The van der Waals surface area contributed by atoms with Gasteiger partial charge in [-0.2, -0.15) is 0 Å². The Morgan fingerprint density at radius 2 is 2.40 bits per heavy atom. The van der Waals surface area contributed by atoms with E-state index >= 15 is 0 Å². The van der Waals surface area contributed by atoms with Gasteiger partial charge in [-0.05, 0) is 19.1 Å². The summed E-state index contributed by atoms with van der Waals surface area (Å²) < 4.78 is 0. The third kappa shape index (κ3) is 2.10. The van der Waals surface area contributed by atoms with Crippen molar-refractivity contribution in [3.05, 3.63) is 35.1 Å². The Labute approximate surface area is 91.8 Å². The van der Waals surface area contributed by atoms with Gasteiger partial charge >= 0.3 is 0 Å². The highest BCUT2D eigenvalue weighted by molar-refractivity contribution is 7.15. The number of hydrogen-bond donors (Lipinski definition) is 0. The quantitative estimate of drug-likeness (QED) is 0.742. The number of aryl methyl sites for hydroxylation is 1. The topological polar surface area (TPSA) is 42.9 Å². The van der Waals surface area contributed by atoms with Crippen LogP contribution in [0, 0.1) is 6.92 Å². The van der Waals surface area contributed by atoms with Gasteiger partial charge in [-0.3, -0.25) is 4.98 Å². The molecule has 0 aliphatic rings. The molecule has 0 saturated heterocycles. The van der Waals surface area contributed by atoms with E-state index in [-0.39, 0.29) is 0 Å². The van der Waals surface area contributed by atoms with E-state index in [4.69, 9.17) is 0 Å². The number of hydrogen-bond acceptors (Lipinski definition) is 4. The van der Waals surface area contributed by atoms with Crippen LogP contribution in [0.2, 0.25) is 0 Å². The summed E-state index contributed by atoms with van der Waals surface area (Å²) in [5, 5.41) is 0.928. The summed E-state index contributed by atoms with van der Waals surface area (Å²) in [6.45, 7) is 1.93. The lowest BCUT2D eigenvalue weighted by Crippen LogP contribution is -1.83. The van der Waals surface area contributed by atoms with Crippen LogP contribution in [0.5, 0.6) is 0 Å². The summed E-state index contributed by atoms with van der Waals surface area (Å²) in [5.74, 6) is 0. The van der Waals surface area contributed by atoms with Crippen molar-refractivity contribution in [1.82, 2.24) is 9.97 Å². The maximum Gasteiger partial charge on any atom is 0.125 e. The van der Waals surface area contributed by atoms with Crippen LogP contribution < -0.4 is 0 Å². The Kier molecular flexibility index (Phi) is 2.87. The van der Waals surface area contributed by atoms with Gasteiger partial charge in [0.15, 0.2) is 0 Å². The molecule has 0 aliphatic carbocycles. The summed E-state index contributed by atoms with van der Waals surface area (Å²) >= 11 is 1.55. The summed E-state index contributed by atoms with van der Waals surface area (Å²) in [7, 11) is 0. The molecule has 0 fully saturated rings. The van der Waals surface area contributed by atoms with Crippen molar-refractivity contribution in [1.29, 1.82) is 0 Å². The third-order valence-electron chi connectivity index (χ3n) is 2.07. The standard InChI is InChI=1S/C11H10N2OS/c1-8-10(4-6-14)15-11(13-8)9-3-2-5-12-7-9/h2-3,5-7H,4H2,1H3. The monoisotopic (exact) mass is 218 g/mol. The molecule has 0 amide bonds. The highest BCUT2D eigenvalue weighted by Gasteiger charge is 2.08. The molecule has 0 aliphatic heterocycles. The fourth-order valence-electron chi connectivity index (χ4n) is 1.31. The van der Waals surface area contributed by atoms with Crippen LogP contribution in [0.25, 0.3) is 10.6 Å². The minimum absolute atomic E-state index is 0.448. The number of thiazole rings is 1. The Hall–Kier alpha value is -1.55. The van der Waals surface area contributed by atoms with Gasteiger partial charge in [-0.25, -0.2) is 4.98 Å². The van der Waals surface area contributed by atoms with E-state index in [0.717, 1.165) is 27.4 Å². The first-order valence-electron chi connectivity index (χ1n) is 4.61. The Morgan fingerprint density at radius 3 is 3.07 bits per heavy atom. The summed E-state index contributed by atoms with van der Waals surface area (Å²) in [6, 6.07) is 3.85. The number of carbonyl (C=O) groups is 1. The lowest BCUT2D eigenvalue weighted by atomic mass is 10.3. The fourth-order valence-corrected chi connectivity index (χ4v) is 2.31. The maximum absolute atomic E-state index is 10.4. The van der Waals surface area contributed by atoms with E-state index in [0.29, 0.717) is 6.42 Å². The number of carbonyl (C=O) groups excluding carboxylic acids is 1. The molecule has 0 N–H and O–H groups in total. The molecule has 2 rings (SSSR count). The second kappa shape index (κ2) is 4.31. The molecule has 0 atom stereocenters. The predicted molar refractivity (Wildman–Crippen MR) is 59.9 cm³/mol. The van der Waals surface area contributed by atoms with Crippen LogP contribution in [0.4, 0.5) is 0 Å². The summed E-state index contributed by atoms with van der Waals surface area (Å²) in [4.78, 5) is 19.9. The number of aromatic nitrogens is 2. The van der Waals surface area contributed by atoms with Crippen molar-refractivity contribution >= 4 is 17.6 Å². The van der Waals surface area contributed by atoms with Gasteiger partial charge in [0.05, 0.1) is 5.69 Å². The van der Waals surface area contributed by atoms with Crippen LogP contribution in [0.1, 0.15) is 10.6 Å². The van der Waals surface area contributed by atoms with Crippen molar-refractivity contribution in [3.8, 4) is 10.6 Å². The number of rotatable bonds is 3. The van der Waals surface area contributed by atoms with Crippen LogP contribution in [0.3, 0.4) is 0 Å². The van der Waals surface area contributed by atoms with E-state index in [9.17, 15) is 4.79 Å². The Bertz CT molecular complexity index is 465. The molecule has 15 heavy (non-hydrogen) atoms. The number of pyridine rings is 1. The summed E-state index contributed by atoms with van der Waals surface area (Å²) in [5.41, 5.74) is 1.94. The largest absolute Gasteiger partial charge is 0.303 e. The van der Waals surface area contributed by atoms with Crippen molar-refractivity contribution < 1.29 is 4.79 Å². The van der Waals surface area contributed by atoms with E-state index in [1.54, 1.807) is 23.7 Å². The van der Waals surface area contributed by atoms with Gasteiger partial charge in [0, 0.05) is 29.3 Å². The van der Waals surface area contributed by atoms with Crippen molar-refractivity contribution in [3.63, 3.8) is 0 Å². The minimum Gasteiger partial charge on any atom is -0.303 e. The van der Waals surface area contributed by atoms with Crippen LogP contribution in [-0.4, -0.2) is 16.3 Å². The third-order valence-corrected chi connectivity index (χ3v) is 3.30. The average molecular weight is 218 g/mol. The molecular weight excluding hydrogens is 208 g/mol. The maximum atomic E-state index is 10.4. The zero-order valence-corrected chi connectivity index (χ0v) is 9.12. The van der Waals surface area contributed by atoms with Gasteiger partial charge < -0.3 is 4.79 Å². The first kappa shape index (κ1) is 9.98. The van der Waals surface area contributed by atoms with Crippen molar-refractivity contribution in [2.24, 2.45) is 0 Å². The first-order chi connectivity index (χ1) is 7.31. The van der Waals surface area contributed by atoms with E-state index < -0.39 is 0 Å². The van der Waals surface area contributed by atoms with Crippen molar-refractivity contribution in [2.75, 3.05) is 0 Å². The highest BCUT2D eigenvalue weighted by atomic mass is 32.1. The molecule has 0 bridgehead atoms. The predicted octanol–water partition coefficient (Wildman–Crippen LogP) is 2.25. The molecule has 0 aromatic carbocycles. The second-order valence-electron chi connectivity index (χ2n) is 3.14. The molecule has 2 aromatic rings. The number of aldehydes is 1. The fraction of sp³-hybridized carbons (Fsp3) is 0.182. The smallest absolute Gasteiger partial charge is 0.125 e. The molecular formula is C11H10N2OS. The van der Waals surface area contributed by atoms with Crippen molar-refractivity contribution in [2.45, 2.75) is 13.3 Å². The molecule has 3 nitrogen and oxygen atoms in total. The normalized spacial score (nSPS) is 10.2. The molecule has 0 radical (unpaired) electrons. The van der Waals surface area contributed by atoms with Crippen LogP contribution in [0.15, 0.2) is 24.5 Å². The van der Waals surface area contributed by atoms with Gasteiger partial charge in [-0.15, -0.1) is 11.3 Å². The van der Waals surface area contributed by atoms with Gasteiger partial charge in [0.2, 0.25) is 0 Å². The van der Waals surface area contributed by atoms with Crippen LogP contribution >= 0.6 is 11.3 Å². The molecule has 4 heteroatoms. The van der Waals surface area contributed by atoms with Gasteiger partial charge in [-0.1, -0.05) is 0 Å². The molecule has 0 spiro atoms.